The number of benzene rings is 1. The Morgan fingerprint density at radius 3 is 2.92 bits per heavy atom. The van der Waals surface area contributed by atoms with Gasteiger partial charge in [0.05, 0.1) is 17.1 Å². The molecular formula is C18H20BrNO3S. The molecule has 0 N–H and O–H groups in total. The van der Waals surface area contributed by atoms with Gasteiger partial charge in [0.1, 0.15) is 5.75 Å². The van der Waals surface area contributed by atoms with Gasteiger partial charge in [-0.1, -0.05) is 18.2 Å². The van der Waals surface area contributed by atoms with E-state index < -0.39 is 0 Å². The maximum Gasteiger partial charge on any atom is 0.260 e. The Morgan fingerprint density at radius 1 is 1.33 bits per heavy atom. The first-order valence-electron chi connectivity index (χ1n) is 8.01. The standard InChI is InChI=1S/C18H20BrNO3S/c19-16-7-1-2-8-17(16)23-13-18(21)20(11-14-5-3-9-22-14)12-15-6-4-10-24-15/h1-2,4,6-8,10,14H,3,5,9,11-13H2. The molecular weight excluding hydrogens is 390 g/mol. The van der Waals surface area contributed by atoms with Gasteiger partial charge in [0.25, 0.3) is 5.91 Å². The predicted molar refractivity (Wildman–Crippen MR) is 98.3 cm³/mol. The van der Waals surface area contributed by atoms with Gasteiger partial charge in [-0.3, -0.25) is 4.79 Å². The number of nitrogens with zero attached hydrogens (tertiary/aromatic N) is 1. The lowest BCUT2D eigenvalue weighted by Gasteiger charge is -2.25. The molecule has 1 aliphatic rings. The Morgan fingerprint density at radius 2 is 2.21 bits per heavy atom. The van der Waals surface area contributed by atoms with Gasteiger partial charge >= 0.3 is 0 Å². The van der Waals surface area contributed by atoms with Crippen molar-refractivity contribution in [2.75, 3.05) is 19.8 Å². The number of carbonyl (C=O) groups is 1. The summed E-state index contributed by atoms with van der Waals surface area (Å²) in [4.78, 5) is 15.7. The maximum atomic E-state index is 12.7. The van der Waals surface area contributed by atoms with E-state index in [2.05, 4.69) is 22.0 Å². The van der Waals surface area contributed by atoms with Crippen LogP contribution in [0.15, 0.2) is 46.3 Å². The molecule has 1 aliphatic heterocycles. The molecule has 0 spiro atoms. The minimum absolute atomic E-state index is 0.0188. The molecule has 1 saturated heterocycles. The fourth-order valence-corrected chi connectivity index (χ4v) is 3.79. The molecule has 24 heavy (non-hydrogen) atoms. The molecule has 2 heterocycles. The summed E-state index contributed by atoms with van der Waals surface area (Å²) in [6.45, 7) is 2.05. The van der Waals surface area contributed by atoms with E-state index in [1.54, 1.807) is 11.3 Å². The molecule has 1 fully saturated rings. The van der Waals surface area contributed by atoms with Crippen molar-refractivity contribution >= 4 is 33.2 Å². The molecule has 0 bridgehead atoms. The van der Waals surface area contributed by atoms with Crippen LogP contribution in [-0.2, 0) is 16.1 Å². The summed E-state index contributed by atoms with van der Waals surface area (Å²) in [5.41, 5.74) is 0. The third-order valence-electron chi connectivity index (χ3n) is 3.92. The van der Waals surface area contributed by atoms with Crippen LogP contribution in [0.2, 0.25) is 0 Å². The van der Waals surface area contributed by atoms with Gasteiger partial charge in [-0.15, -0.1) is 11.3 Å². The molecule has 1 aromatic carbocycles. The van der Waals surface area contributed by atoms with Gasteiger partial charge in [0, 0.05) is 18.0 Å². The third-order valence-corrected chi connectivity index (χ3v) is 5.43. The van der Waals surface area contributed by atoms with Crippen LogP contribution < -0.4 is 4.74 Å². The lowest BCUT2D eigenvalue weighted by atomic mass is 10.2. The number of para-hydroxylation sites is 1. The van der Waals surface area contributed by atoms with Crippen molar-refractivity contribution in [2.45, 2.75) is 25.5 Å². The summed E-state index contributed by atoms with van der Waals surface area (Å²) < 4.78 is 12.2. The SMILES string of the molecule is O=C(COc1ccccc1Br)N(Cc1cccs1)CC1CCCO1. The molecule has 1 atom stereocenters. The average Bonchev–Trinajstić information content (AvgIpc) is 3.27. The molecule has 0 saturated carbocycles. The monoisotopic (exact) mass is 409 g/mol. The summed E-state index contributed by atoms with van der Waals surface area (Å²) in [5.74, 6) is 0.661. The molecule has 0 aliphatic carbocycles. The first kappa shape index (κ1) is 17.5. The van der Waals surface area contributed by atoms with Crippen molar-refractivity contribution in [1.82, 2.24) is 4.90 Å². The molecule has 6 heteroatoms. The Hall–Kier alpha value is -1.37. The highest BCUT2D eigenvalue weighted by molar-refractivity contribution is 9.10. The van der Waals surface area contributed by atoms with Crippen molar-refractivity contribution in [3.05, 3.63) is 51.1 Å². The second kappa shape index (κ2) is 8.65. The highest BCUT2D eigenvalue weighted by Crippen LogP contribution is 2.24. The van der Waals surface area contributed by atoms with Gasteiger partial charge in [0.2, 0.25) is 0 Å². The number of hydrogen-bond acceptors (Lipinski definition) is 4. The largest absolute Gasteiger partial charge is 0.483 e. The van der Waals surface area contributed by atoms with E-state index in [4.69, 9.17) is 9.47 Å². The van der Waals surface area contributed by atoms with E-state index in [1.165, 1.54) is 4.88 Å². The smallest absolute Gasteiger partial charge is 0.260 e. The van der Waals surface area contributed by atoms with E-state index in [-0.39, 0.29) is 18.6 Å². The van der Waals surface area contributed by atoms with Crippen LogP contribution in [0.1, 0.15) is 17.7 Å². The third kappa shape index (κ3) is 4.82. The van der Waals surface area contributed by atoms with Crippen molar-refractivity contribution in [1.29, 1.82) is 0 Å². The summed E-state index contributed by atoms with van der Waals surface area (Å²) in [6.07, 6.45) is 2.22. The highest BCUT2D eigenvalue weighted by Gasteiger charge is 2.23. The first-order chi connectivity index (χ1) is 11.7. The zero-order chi connectivity index (χ0) is 16.8. The van der Waals surface area contributed by atoms with E-state index in [0.29, 0.717) is 18.8 Å². The zero-order valence-corrected chi connectivity index (χ0v) is 15.7. The van der Waals surface area contributed by atoms with Crippen LogP contribution in [0.3, 0.4) is 0 Å². The predicted octanol–water partition coefficient (Wildman–Crippen LogP) is 4.10. The van der Waals surface area contributed by atoms with Crippen LogP contribution in [0, 0.1) is 0 Å². The lowest BCUT2D eigenvalue weighted by Crippen LogP contribution is -2.39. The topological polar surface area (TPSA) is 38.8 Å². The van der Waals surface area contributed by atoms with Crippen molar-refractivity contribution < 1.29 is 14.3 Å². The fraction of sp³-hybridized carbons (Fsp3) is 0.389. The summed E-state index contributed by atoms with van der Waals surface area (Å²) in [7, 11) is 0. The Labute approximate surface area is 154 Å². The zero-order valence-electron chi connectivity index (χ0n) is 13.3. The molecule has 1 unspecified atom stereocenters. The Kier molecular flexibility index (Phi) is 6.29. The number of hydrogen-bond donors (Lipinski definition) is 0. The molecule has 128 valence electrons. The van der Waals surface area contributed by atoms with Gasteiger partial charge < -0.3 is 14.4 Å². The number of ether oxygens (including phenoxy) is 2. The molecule has 0 radical (unpaired) electrons. The molecule has 1 aromatic heterocycles. The average molecular weight is 410 g/mol. The number of carbonyl (C=O) groups excluding carboxylic acids is 1. The summed E-state index contributed by atoms with van der Waals surface area (Å²) in [5, 5.41) is 2.03. The number of amides is 1. The Bertz CT molecular complexity index is 656. The second-order valence-corrected chi connectivity index (χ2v) is 7.59. The fourth-order valence-electron chi connectivity index (χ4n) is 2.67. The van der Waals surface area contributed by atoms with Crippen LogP contribution in [-0.4, -0.2) is 36.7 Å². The van der Waals surface area contributed by atoms with Gasteiger partial charge in [-0.25, -0.2) is 0 Å². The van der Waals surface area contributed by atoms with Gasteiger partial charge in [0.15, 0.2) is 6.61 Å². The summed E-state index contributed by atoms with van der Waals surface area (Å²) in [6, 6.07) is 11.6. The van der Waals surface area contributed by atoms with Gasteiger partial charge in [-0.05, 0) is 52.4 Å². The number of thiophene rings is 1. The minimum atomic E-state index is -0.0188. The second-order valence-electron chi connectivity index (χ2n) is 5.71. The molecule has 4 nitrogen and oxygen atoms in total. The molecule has 2 aromatic rings. The number of halogens is 1. The Balaban J connectivity index is 1.62. The van der Waals surface area contributed by atoms with Crippen LogP contribution in [0.4, 0.5) is 0 Å². The van der Waals surface area contributed by atoms with Crippen molar-refractivity contribution in [3.8, 4) is 5.75 Å². The van der Waals surface area contributed by atoms with E-state index in [0.717, 1.165) is 23.9 Å². The summed E-state index contributed by atoms with van der Waals surface area (Å²) >= 11 is 5.10. The van der Waals surface area contributed by atoms with Crippen LogP contribution >= 0.6 is 27.3 Å². The highest BCUT2D eigenvalue weighted by atomic mass is 79.9. The number of rotatable bonds is 7. The van der Waals surface area contributed by atoms with Crippen molar-refractivity contribution in [3.63, 3.8) is 0 Å². The quantitative estimate of drug-likeness (QED) is 0.690. The normalized spacial score (nSPS) is 17.0. The maximum absolute atomic E-state index is 12.7. The first-order valence-corrected chi connectivity index (χ1v) is 9.69. The van der Waals surface area contributed by atoms with Crippen LogP contribution in [0.5, 0.6) is 5.75 Å². The minimum Gasteiger partial charge on any atom is -0.483 e. The lowest BCUT2D eigenvalue weighted by molar-refractivity contribution is -0.135. The van der Waals surface area contributed by atoms with Crippen molar-refractivity contribution in [2.24, 2.45) is 0 Å². The molecule has 3 rings (SSSR count). The van der Waals surface area contributed by atoms with E-state index >= 15 is 0 Å². The van der Waals surface area contributed by atoms with E-state index in [9.17, 15) is 4.79 Å². The van der Waals surface area contributed by atoms with Crippen LogP contribution in [0.25, 0.3) is 0 Å². The molecule has 1 amide bonds. The van der Waals surface area contributed by atoms with E-state index in [1.807, 2.05) is 40.6 Å². The van der Waals surface area contributed by atoms with Gasteiger partial charge in [-0.2, -0.15) is 0 Å².